The van der Waals surface area contributed by atoms with Gasteiger partial charge in [0.15, 0.2) is 6.79 Å². The number of ether oxygens (including phenoxy) is 3. The average molecular weight is 661 g/mol. The minimum absolute atomic E-state index is 0.0585. The van der Waals surface area contributed by atoms with Crippen LogP contribution in [0.15, 0.2) is 103 Å². The first-order chi connectivity index (χ1) is 23.4. The molecule has 0 fully saturated rings. The minimum atomic E-state index is -0.280. The highest BCUT2D eigenvalue weighted by atomic mass is 35.5. The molecule has 48 heavy (non-hydrogen) atoms. The van der Waals surface area contributed by atoms with Crippen molar-refractivity contribution in [3.05, 3.63) is 131 Å². The van der Waals surface area contributed by atoms with Crippen molar-refractivity contribution in [3.63, 3.8) is 0 Å². The van der Waals surface area contributed by atoms with E-state index in [9.17, 15) is 9.59 Å². The number of fused-ring (bicyclic) bond motifs is 4. The van der Waals surface area contributed by atoms with Crippen LogP contribution < -0.4 is 19.7 Å². The van der Waals surface area contributed by atoms with Crippen LogP contribution in [0.4, 0.5) is 11.4 Å². The van der Waals surface area contributed by atoms with Gasteiger partial charge in [0, 0.05) is 54.9 Å². The molecule has 9 nitrogen and oxygen atoms in total. The standard InChI is InChI=1S/C38H33ClN4O5/c1-24-7-6-10-30-33(47-22-25-8-4-3-5-9-25)17-32-36(35(24)30)27(18-39)19-43(32)38(45)31-21-42-20-28(13-16-34(42)41-31)40-37(44)26-11-14-29(15-12-26)48-23-46-2/h3-17,20-21,27H,18-19,22-23H2,1-2H3,(H,40,44)/t27-/m1/s1. The van der Waals surface area contributed by atoms with E-state index in [4.69, 9.17) is 25.8 Å². The van der Waals surface area contributed by atoms with Gasteiger partial charge in [0.25, 0.3) is 11.8 Å². The van der Waals surface area contributed by atoms with Crippen LogP contribution in [0.25, 0.3) is 16.4 Å². The normalized spacial score (nSPS) is 13.9. The highest BCUT2D eigenvalue weighted by Crippen LogP contribution is 2.47. The summed E-state index contributed by atoms with van der Waals surface area (Å²) in [4.78, 5) is 33.5. The fourth-order valence-corrected chi connectivity index (χ4v) is 6.45. The summed E-state index contributed by atoms with van der Waals surface area (Å²) in [5, 5.41) is 4.96. The van der Waals surface area contributed by atoms with Gasteiger partial charge in [0.1, 0.15) is 29.4 Å². The molecule has 0 bridgehead atoms. The monoisotopic (exact) mass is 660 g/mol. The maximum Gasteiger partial charge on any atom is 0.278 e. The predicted octanol–water partition coefficient (Wildman–Crippen LogP) is 7.59. The minimum Gasteiger partial charge on any atom is -0.488 e. The lowest BCUT2D eigenvalue weighted by Crippen LogP contribution is -2.30. The lowest BCUT2D eigenvalue weighted by molar-refractivity contribution is 0.0511. The quantitative estimate of drug-likeness (QED) is 0.120. The number of halogens is 1. The lowest BCUT2D eigenvalue weighted by Gasteiger charge is -2.19. The third kappa shape index (κ3) is 6.05. The number of alkyl halides is 1. The molecule has 0 spiro atoms. The summed E-state index contributed by atoms with van der Waals surface area (Å²) in [5.41, 5.74) is 5.85. The summed E-state index contributed by atoms with van der Waals surface area (Å²) in [5.74, 6) is 1.09. The Morgan fingerprint density at radius 3 is 2.54 bits per heavy atom. The number of methoxy groups -OCH3 is 1. The molecule has 1 aliphatic heterocycles. The number of hydrogen-bond donors (Lipinski definition) is 1. The van der Waals surface area contributed by atoms with E-state index in [-0.39, 0.29) is 30.2 Å². The molecule has 7 rings (SSSR count). The van der Waals surface area contributed by atoms with Crippen molar-refractivity contribution in [2.24, 2.45) is 0 Å². The largest absolute Gasteiger partial charge is 0.488 e. The number of aromatic nitrogens is 2. The summed E-state index contributed by atoms with van der Waals surface area (Å²) < 4.78 is 18.4. The Hall–Kier alpha value is -5.38. The molecule has 2 amide bonds. The number of amides is 2. The van der Waals surface area contributed by atoms with Gasteiger partial charge in [-0.15, -0.1) is 11.6 Å². The first-order valence-electron chi connectivity index (χ1n) is 15.6. The molecule has 1 N–H and O–H groups in total. The Kier molecular flexibility index (Phi) is 8.71. The van der Waals surface area contributed by atoms with Crippen LogP contribution >= 0.6 is 11.6 Å². The van der Waals surface area contributed by atoms with Crippen LogP contribution in [0.2, 0.25) is 0 Å². The van der Waals surface area contributed by atoms with Gasteiger partial charge in [-0.2, -0.15) is 0 Å². The van der Waals surface area contributed by atoms with Gasteiger partial charge in [0.05, 0.1) is 11.4 Å². The van der Waals surface area contributed by atoms with E-state index in [1.807, 2.05) is 42.5 Å². The molecule has 0 saturated carbocycles. The second-order valence-corrected chi connectivity index (χ2v) is 12.0. The van der Waals surface area contributed by atoms with Crippen LogP contribution in [0.5, 0.6) is 11.5 Å². The van der Waals surface area contributed by atoms with Crippen LogP contribution in [0, 0.1) is 6.92 Å². The maximum atomic E-state index is 14.2. The number of imidazole rings is 1. The first kappa shape index (κ1) is 31.2. The van der Waals surface area contributed by atoms with E-state index in [2.05, 4.69) is 29.4 Å². The van der Waals surface area contributed by atoms with Crippen LogP contribution in [0.3, 0.4) is 0 Å². The molecular formula is C38H33ClN4O5. The van der Waals surface area contributed by atoms with E-state index < -0.39 is 0 Å². The Morgan fingerprint density at radius 2 is 1.77 bits per heavy atom. The number of hydrogen-bond acceptors (Lipinski definition) is 6. The highest BCUT2D eigenvalue weighted by Gasteiger charge is 2.36. The topological polar surface area (TPSA) is 94.4 Å². The zero-order valence-corrected chi connectivity index (χ0v) is 27.2. The SMILES string of the molecule is COCOc1ccc(C(=O)Nc2ccc3nc(C(=O)N4C[C@@H](CCl)c5c4cc(OCc4ccccc4)c4cccc(C)c54)cn3c2)cc1. The average Bonchev–Trinajstić information content (AvgIpc) is 3.71. The van der Waals surface area contributed by atoms with Crippen molar-refractivity contribution >= 4 is 51.2 Å². The van der Waals surface area contributed by atoms with Crippen molar-refractivity contribution < 1.29 is 23.8 Å². The number of nitrogens with one attached hydrogen (secondary N) is 1. The van der Waals surface area contributed by atoms with Crippen molar-refractivity contribution in [3.8, 4) is 11.5 Å². The molecule has 242 valence electrons. The molecule has 4 aromatic carbocycles. The maximum absolute atomic E-state index is 14.2. The second kappa shape index (κ2) is 13.4. The molecule has 1 aliphatic rings. The number of nitrogens with zero attached hydrogens (tertiary/aromatic N) is 3. The molecule has 0 saturated heterocycles. The van der Waals surface area contributed by atoms with Crippen molar-refractivity contribution in [2.45, 2.75) is 19.4 Å². The number of aryl methyl sites for hydroxylation is 1. The van der Waals surface area contributed by atoms with Crippen molar-refractivity contribution in [2.75, 3.05) is 36.5 Å². The fraction of sp³-hybridized carbons (Fsp3) is 0.184. The van der Waals surface area contributed by atoms with Crippen LogP contribution in [0.1, 0.15) is 43.5 Å². The number of benzene rings is 4. The predicted molar refractivity (Wildman–Crippen MR) is 187 cm³/mol. The fourth-order valence-electron chi connectivity index (χ4n) is 6.20. The highest BCUT2D eigenvalue weighted by molar-refractivity contribution is 6.19. The van der Waals surface area contributed by atoms with Crippen LogP contribution in [-0.2, 0) is 11.3 Å². The van der Waals surface area contributed by atoms with Gasteiger partial charge in [-0.3, -0.25) is 9.59 Å². The molecule has 1 atom stereocenters. The first-order valence-corrected chi connectivity index (χ1v) is 16.1. The number of carbonyl (C=O) groups is 2. The zero-order chi connectivity index (χ0) is 33.2. The van der Waals surface area contributed by atoms with Gasteiger partial charge in [-0.25, -0.2) is 4.98 Å². The smallest absolute Gasteiger partial charge is 0.278 e. The van der Waals surface area contributed by atoms with Gasteiger partial charge in [-0.05, 0) is 65.4 Å². The summed E-state index contributed by atoms with van der Waals surface area (Å²) in [6.07, 6.45) is 3.42. The molecule has 10 heteroatoms. The second-order valence-electron chi connectivity index (χ2n) is 11.7. The van der Waals surface area contributed by atoms with E-state index in [1.54, 1.807) is 65.2 Å². The Labute approximate surface area is 282 Å². The molecule has 3 heterocycles. The summed E-state index contributed by atoms with van der Waals surface area (Å²) in [7, 11) is 1.54. The number of anilines is 2. The van der Waals surface area contributed by atoms with E-state index in [0.29, 0.717) is 47.4 Å². The van der Waals surface area contributed by atoms with Crippen molar-refractivity contribution in [1.82, 2.24) is 9.38 Å². The summed E-state index contributed by atoms with van der Waals surface area (Å²) in [6, 6.07) is 28.4. The molecule has 6 aromatic rings. The van der Waals surface area contributed by atoms with Gasteiger partial charge in [0.2, 0.25) is 0 Å². The Bertz CT molecular complexity index is 2130. The number of pyridine rings is 1. The van der Waals surface area contributed by atoms with Gasteiger partial charge in [-0.1, -0.05) is 48.5 Å². The van der Waals surface area contributed by atoms with E-state index in [0.717, 1.165) is 33.2 Å². The lowest BCUT2D eigenvalue weighted by atomic mass is 9.92. The summed E-state index contributed by atoms with van der Waals surface area (Å²) >= 11 is 6.55. The molecule has 0 radical (unpaired) electrons. The molecule has 0 aliphatic carbocycles. The van der Waals surface area contributed by atoms with Crippen LogP contribution in [-0.4, -0.2) is 47.5 Å². The zero-order valence-electron chi connectivity index (χ0n) is 26.5. The number of carbonyl (C=O) groups excluding carboxylic acids is 2. The third-order valence-corrected chi connectivity index (χ3v) is 8.88. The molecule has 2 aromatic heterocycles. The Balaban J connectivity index is 1.17. The van der Waals surface area contributed by atoms with Gasteiger partial charge < -0.3 is 28.8 Å². The Morgan fingerprint density at radius 1 is 0.958 bits per heavy atom. The molecular weight excluding hydrogens is 628 g/mol. The summed E-state index contributed by atoms with van der Waals surface area (Å²) in [6.45, 7) is 3.02. The van der Waals surface area contributed by atoms with Gasteiger partial charge >= 0.3 is 0 Å². The van der Waals surface area contributed by atoms with Crippen molar-refractivity contribution in [1.29, 1.82) is 0 Å². The molecule has 0 unspecified atom stereocenters. The van der Waals surface area contributed by atoms with E-state index >= 15 is 0 Å². The third-order valence-electron chi connectivity index (χ3n) is 8.51. The van der Waals surface area contributed by atoms with E-state index in [1.165, 1.54) is 0 Å². The number of rotatable bonds is 10.